The third kappa shape index (κ3) is 6.10. The summed E-state index contributed by atoms with van der Waals surface area (Å²) in [6.45, 7) is 1.83. The topological polar surface area (TPSA) is 102 Å². The zero-order valence-electron chi connectivity index (χ0n) is 17.1. The predicted molar refractivity (Wildman–Crippen MR) is 110 cm³/mol. The molecule has 1 atom stereocenters. The monoisotopic (exact) mass is 451 g/mol. The van der Waals surface area contributed by atoms with Crippen molar-refractivity contribution in [1.82, 2.24) is 10.3 Å². The number of aromatic nitrogens is 1. The quantitative estimate of drug-likeness (QED) is 0.424. The van der Waals surface area contributed by atoms with Gasteiger partial charge in [-0.15, -0.1) is 0 Å². The van der Waals surface area contributed by atoms with Gasteiger partial charge in [0.15, 0.2) is 5.82 Å². The van der Waals surface area contributed by atoms with E-state index in [1.54, 1.807) is 12.1 Å². The zero-order valence-corrected chi connectivity index (χ0v) is 17.1. The number of carbonyl (C=O) groups is 1. The van der Waals surface area contributed by atoms with Crippen molar-refractivity contribution in [3.05, 3.63) is 59.0 Å². The van der Waals surface area contributed by atoms with Crippen LogP contribution in [0.25, 0.3) is 0 Å². The van der Waals surface area contributed by atoms with Crippen molar-refractivity contribution < 1.29 is 27.1 Å². The van der Waals surface area contributed by atoms with Crippen molar-refractivity contribution in [1.29, 1.82) is 0 Å². The number of nitrogens with zero attached hydrogens (tertiary/aromatic N) is 3. The maximum Gasteiger partial charge on any atom is 0.416 e. The fourth-order valence-corrected chi connectivity index (χ4v) is 3.34. The standard InChI is InChI=1S/C21H21F4N5O2/c1-12(31)28-17-3-5-32-11-18(20(17)30-26)29-19-9-13(2-4-27-19)6-14-7-15(21(23,24)25)10-16(22)8-14/h2,4,7-10,17H,3,5-6,11,26H2,1H3,(H,28,31)/b29-18?,30-20-. The van der Waals surface area contributed by atoms with Crippen molar-refractivity contribution >= 4 is 23.1 Å². The first kappa shape index (κ1) is 23.3. The Labute approximate surface area is 181 Å². The minimum atomic E-state index is -4.64. The van der Waals surface area contributed by atoms with Crippen molar-refractivity contribution in [2.75, 3.05) is 13.2 Å². The van der Waals surface area contributed by atoms with Gasteiger partial charge in [0.1, 0.15) is 11.5 Å². The summed E-state index contributed by atoms with van der Waals surface area (Å²) in [4.78, 5) is 20.1. The van der Waals surface area contributed by atoms with Gasteiger partial charge in [0.25, 0.3) is 0 Å². The lowest BCUT2D eigenvalue weighted by atomic mass is 10.0. The molecule has 1 aromatic carbocycles. The lowest BCUT2D eigenvalue weighted by Crippen LogP contribution is -2.43. The van der Waals surface area contributed by atoms with Crippen LogP contribution in [0.2, 0.25) is 0 Å². The fraction of sp³-hybridized carbons (Fsp3) is 0.333. The number of halogens is 4. The maximum atomic E-state index is 13.7. The van der Waals surface area contributed by atoms with E-state index in [-0.39, 0.29) is 30.3 Å². The van der Waals surface area contributed by atoms with E-state index in [2.05, 4.69) is 20.4 Å². The third-order valence-electron chi connectivity index (χ3n) is 4.68. The van der Waals surface area contributed by atoms with Crippen molar-refractivity contribution in [2.24, 2.45) is 15.9 Å². The molecule has 2 heterocycles. The normalized spacial score (nSPS) is 19.7. The summed E-state index contributed by atoms with van der Waals surface area (Å²) in [6.07, 6.45) is -2.69. The Hall–Kier alpha value is -3.34. The number of pyridine rings is 1. The molecule has 3 rings (SSSR count). The molecule has 11 heteroatoms. The summed E-state index contributed by atoms with van der Waals surface area (Å²) in [5.74, 6) is 4.56. The average Bonchev–Trinajstić information content (AvgIpc) is 2.88. The number of hydrogen-bond donors (Lipinski definition) is 2. The molecule has 1 unspecified atom stereocenters. The Bertz CT molecular complexity index is 1050. The summed E-state index contributed by atoms with van der Waals surface area (Å²) in [6, 6.07) is 5.11. The van der Waals surface area contributed by atoms with E-state index < -0.39 is 23.6 Å². The van der Waals surface area contributed by atoms with Crippen LogP contribution in [0.4, 0.5) is 23.4 Å². The molecule has 1 fully saturated rings. The van der Waals surface area contributed by atoms with Crippen LogP contribution in [0.15, 0.2) is 46.6 Å². The lowest BCUT2D eigenvalue weighted by Gasteiger charge is -2.16. The molecule has 3 N–H and O–H groups in total. The molecule has 0 aliphatic carbocycles. The fourth-order valence-electron chi connectivity index (χ4n) is 3.34. The molecule has 0 saturated carbocycles. The number of nitrogens with one attached hydrogen (secondary N) is 1. The number of rotatable bonds is 4. The smallest absolute Gasteiger partial charge is 0.375 e. The highest BCUT2D eigenvalue weighted by Crippen LogP contribution is 2.31. The van der Waals surface area contributed by atoms with Gasteiger partial charge in [0.2, 0.25) is 5.91 Å². The van der Waals surface area contributed by atoms with Gasteiger partial charge >= 0.3 is 6.18 Å². The molecule has 7 nitrogen and oxygen atoms in total. The van der Waals surface area contributed by atoms with Crippen LogP contribution in [0.1, 0.15) is 30.0 Å². The van der Waals surface area contributed by atoms with Gasteiger partial charge in [0, 0.05) is 19.7 Å². The molecule has 0 spiro atoms. The van der Waals surface area contributed by atoms with Crippen LogP contribution < -0.4 is 11.2 Å². The van der Waals surface area contributed by atoms with Crippen molar-refractivity contribution in [2.45, 2.75) is 32.0 Å². The number of amides is 1. The average molecular weight is 451 g/mol. The second-order valence-corrected chi connectivity index (χ2v) is 7.21. The first-order chi connectivity index (χ1) is 15.2. The largest absolute Gasteiger partial charge is 0.416 e. The molecule has 0 radical (unpaired) electrons. The third-order valence-corrected chi connectivity index (χ3v) is 4.68. The SMILES string of the molecule is CC(=O)NC1CCOCC(=Nc2cc(Cc3cc(F)cc(C(F)(F)F)c3)ccn2)/C1=N\N. The van der Waals surface area contributed by atoms with Crippen molar-refractivity contribution in [3.8, 4) is 0 Å². The summed E-state index contributed by atoms with van der Waals surface area (Å²) >= 11 is 0. The second-order valence-electron chi connectivity index (χ2n) is 7.21. The number of benzene rings is 1. The summed E-state index contributed by atoms with van der Waals surface area (Å²) in [7, 11) is 0. The summed E-state index contributed by atoms with van der Waals surface area (Å²) in [5.41, 5.74) is 0.418. The Morgan fingerprint density at radius 1 is 1.28 bits per heavy atom. The van der Waals surface area contributed by atoms with E-state index in [1.807, 2.05) is 0 Å². The highest BCUT2D eigenvalue weighted by atomic mass is 19.4. The summed E-state index contributed by atoms with van der Waals surface area (Å²) < 4.78 is 58.1. The molecule has 1 aliphatic rings. The first-order valence-electron chi connectivity index (χ1n) is 9.68. The first-order valence-corrected chi connectivity index (χ1v) is 9.68. The van der Waals surface area contributed by atoms with E-state index in [0.717, 1.165) is 12.1 Å². The number of alkyl halides is 3. The molecule has 170 valence electrons. The van der Waals surface area contributed by atoms with Gasteiger partial charge in [-0.2, -0.15) is 18.3 Å². The molecule has 2 aromatic rings. The van der Waals surface area contributed by atoms with Crippen molar-refractivity contribution in [3.63, 3.8) is 0 Å². The number of aliphatic imine (C=N–C) groups is 1. The van der Waals surface area contributed by atoms with Gasteiger partial charge in [0.05, 0.1) is 23.9 Å². The lowest BCUT2D eigenvalue weighted by molar-refractivity contribution is -0.137. The number of carbonyl (C=O) groups excluding carboxylic acids is 1. The van der Waals surface area contributed by atoms with Crippen LogP contribution in [0.5, 0.6) is 0 Å². The predicted octanol–water partition coefficient (Wildman–Crippen LogP) is 3.14. The molecule has 1 amide bonds. The Morgan fingerprint density at radius 2 is 2.06 bits per heavy atom. The van der Waals surface area contributed by atoms with Crippen LogP contribution >= 0.6 is 0 Å². The van der Waals surface area contributed by atoms with E-state index in [1.165, 1.54) is 13.1 Å². The molecule has 1 saturated heterocycles. The minimum absolute atomic E-state index is 0.0457. The molecule has 1 aliphatic heterocycles. The number of ether oxygens (including phenoxy) is 1. The van der Waals surface area contributed by atoms with E-state index in [4.69, 9.17) is 10.6 Å². The minimum Gasteiger partial charge on any atom is -0.375 e. The molecule has 0 bridgehead atoms. The molecule has 32 heavy (non-hydrogen) atoms. The van der Waals surface area contributed by atoms with Gasteiger partial charge in [-0.3, -0.25) is 4.79 Å². The van der Waals surface area contributed by atoms with Gasteiger partial charge in [-0.25, -0.2) is 14.4 Å². The van der Waals surface area contributed by atoms with E-state index in [9.17, 15) is 22.4 Å². The highest BCUT2D eigenvalue weighted by Gasteiger charge is 2.31. The Morgan fingerprint density at radius 3 is 2.75 bits per heavy atom. The summed E-state index contributed by atoms with van der Waals surface area (Å²) in [5, 5.41) is 6.51. The van der Waals surface area contributed by atoms with Crippen LogP contribution in [0.3, 0.4) is 0 Å². The second kappa shape index (κ2) is 9.86. The Kier molecular flexibility index (Phi) is 7.18. The number of hydrogen-bond acceptors (Lipinski definition) is 6. The van der Waals surface area contributed by atoms with E-state index in [0.29, 0.717) is 36.1 Å². The van der Waals surface area contributed by atoms with Gasteiger partial charge in [-0.05, 0) is 54.3 Å². The zero-order chi connectivity index (χ0) is 23.3. The van der Waals surface area contributed by atoms with Crippen LogP contribution in [0, 0.1) is 5.82 Å². The van der Waals surface area contributed by atoms with Crippen LogP contribution in [-0.4, -0.2) is 41.6 Å². The van der Waals surface area contributed by atoms with Gasteiger partial charge in [-0.1, -0.05) is 0 Å². The maximum absolute atomic E-state index is 13.7. The molecular formula is C21H21F4N5O2. The number of nitrogens with two attached hydrogens (primary N) is 1. The van der Waals surface area contributed by atoms with Crippen LogP contribution in [-0.2, 0) is 22.1 Å². The molecular weight excluding hydrogens is 430 g/mol. The van der Waals surface area contributed by atoms with Gasteiger partial charge < -0.3 is 15.9 Å². The molecule has 1 aromatic heterocycles. The number of hydrazone groups is 1. The highest BCUT2D eigenvalue weighted by molar-refractivity contribution is 6.45. The van der Waals surface area contributed by atoms with E-state index >= 15 is 0 Å². The Balaban J connectivity index is 1.88.